The first kappa shape index (κ1) is 12.6. The number of para-hydroxylation sites is 1. The number of fused-ring (bicyclic) bond motifs is 1. The summed E-state index contributed by atoms with van der Waals surface area (Å²) in [5.41, 5.74) is 1.62. The third-order valence-electron chi connectivity index (χ3n) is 2.97. The van der Waals surface area contributed by atoms with Crippen molar-refractivity contribution in [3.05, 3.63) is 24.4 Å². The summed E-state index contributed by atoms with van der Waals surface area (Å²) >= 11 is 0. The molecular weight excluding hydrogens is 228 g/mol. The van der Waals surface area contributed by atoms with Gasteiger partial charge in [-0.25, -0.2) is 0 Å². The van der Waals surface area contributed by atoms with Gasteiger partial charge in [0.25, 0.3) is 0 Å². The summed E-state index contributed by atoms with van der Waals surface area (Å²) in [4.78, 5) is 11.8. The van der Waals surface area contributed by atoms with Crippen molar-refractivity contribution in [1.82, 2.24) is 15.5 Å². The predicted molar refractivity (Wildman–Crippen MR) is 72.5 cm³/mol. The predicted octanol–water partition coefficient (Wildman–Crippen LogP) is 1.89. The second-order valence-corrected chi connectivity index (χ2v) is 4.38. The van der Waals surface area contributed by atoms with Gasteiger partial charge < -0.3 is 10.6 Å². The van der Waals surface area contributed by atoms with Crippen LogP contribution in [0.3, 0.4) is 0 Å². The van der Waals surface area contributed by atoms with E-state index in [2.05, 4.69) is 34.7 Å². The summed E-state index contributed by atoms with van der Waals surface area (Å²) in [6.45, 7) is 4.46. The molecule has 2 aromatic rings. The Bertz CT molecular complexity index is 535. The van der Waals surface area contributed by atoms with Crippen LogP contribution in [0.15, 0.2) is 24.4 Å². The second kappa shape index (κ2) is 5.64. The van der Waals surface area contributed by atoms with E-state index in [1.54, 1.807) is 6.20 Å². The molecule has 1 heterocycles. The second-order valence-electron chi connectivity index (χ2n) is 4.38. The molecule has 1 aromatic carbocycles. The average Bonchev–Trinajstić information content (AvgIpc) is 2.85. The quantitative estimate of drug-likeness (QED) is 0.754. The summed E-state index contributed by atoms with van der Waals surface area (Å²) in [5, 5.41) is 13.9. The van der Waals surface area contributed by atoms with Gasteiger partial charge in [-0.1, -0.05) is 19.1 Å². The van der Waals surface area contributed by atoms with E-state index in [0.29, 0.717) is 12.6 Å². The zero-order valence-electron chi connectivity index (χ0n) is 10.7. The van der Waals surface area contributed by atoms with Gasteiger partial charge in [-0.2, -0.15) is 5.10 Å². The number of carbonyl (C=O) groups is 1. The lowest BCUT2D eigenvalue weighted by atomic mass is 10.2. The van der Waals surface area contributed by atoms with Gasteiger partial charge in [-0.05, 0) is 19.4 Å². The molecule has 96 valence electrons. The van der Waals surface area contributed by atoms with Gasteiger partial charge in [0.15, 0.2) is 0 Å². The highest BCUT2D eigenvalue weighted by Crippen LogP contribution is 2.19. The normalized spacial score (nSPS) is 12.6. The Labute approximate surface area is 106 Å². The van der Waals surface area contributed by atoms with E-state index in [-0.39, 0.29) is 5.91 Å². The highest BCUT2D eigenvalue weighted by Gasteiger charge is 2.07. The highest BCUT2D eigenvalue weighted by atomic mass is 16.1. The van der Waals surface area contributed by atoms with E-state index in [1.807, 2.05) is 18.2 Å². The number of aromatic amines is 1. The molecule has 0 aliphatic heterocycles. The Morgan fingerprint density at radius 3 is 3.11 bits per heavy atom. The van der Waals surface area contributed by atoms with Crippen LogP contribution in [0.5, 0.6) is 0 Å². The van der Waals surface area contributed by atoms with Crippen molar-refractivity contribution in [2.75, 3.05) is 11.9 Å². The molecule has 0 fully saturated rings. The molecule has 2 rings (SSSR count). The van der Waals surface area contributed by atoms with Crippen LogP contribution in [-0.2, 0) is 4.79 Å². The minimum absolute atomic E-state index is 0.0441. The van der Waals surface area contributed by atoms with E-state index in [9.17, 15) is 4.79 Å². The van der Waals surface area contributed by atoms with Crippen LogP contribution >= 0.6 is 0 Å². The summed E-state index contributed by atoms with van der Waals surface area (Å²) in [5.74, 6) is -0.0441. The first-order valence-electron chi connectivity index (χ1n) is 6.16. The van der Waals surface area contributed by atoms with Crippen LogP contribution in [0.1, 0.15) is 20.3 Å². The standard InChI is InChI=1S/C13H18N4O/c1-3-9(2)14-8-12(18)16-11-6-4-5-10-7-15-17-13(10)11/h4-7,9,14H,3,8H2,1-2H3,(H,15,17)(H,16,18)/t9-/m1/s1. The summed E-state index contributed by atoms with van der Waals surface area (Å²) in [6.07, 6.45) is 2.74. The van der Waals surface area contributed by atoms with Crippen molar-refractivity contribution >= 4 is 22.5 Å². The summed E-state index contributed by atoms with van der Waals surface area (Å²) < 4.78 is 0. The van der Waals surface area contributed by atoms with E-state index < -0.39 is 0 Å². The van der Waals surface area contributed by atoms with Gasteiger partial charge in [0.2, 0.25) is 5.91 Å². The fourth-order valence-corrected chi connectivity index (χ4v) is 1.68. The molecular formula is C13H18N4O. The Kier molecular flexibility index (Phi) is 3.94. The molecule has 18 heavy (non-hydrogen) atoms. The number of nitrogens with one attached hydrogen (secondary N) is 3. The SMILES string of the molecule is CC[C@@H](C)NCC(=O)Nc1cccc2cn[nH]c12. The molecule has 0 saturated heterocycles. The largest absolute Gasteiger partial charge is 0.323 e. The van der Waals surface area contributed by atoms with Crippen molar-refractivity contribution in [2.24, 2.45) is 0 Å². The van der Waals surface area contributed by atoms with Crippen LogP contribution in [0, 0.1) is 0 Å². The van der Waals surface area contributed by atoms with Crippen LogP contribution in [0.2, 0.25) is 0 Å². The monoisotopic (exact) mass is 246 g/mol. The van der Waals surface area contributed by atoms with E-state index >= 15 is 0 Å². The van der Waals surface area contributed by atoms with Crippen LogP contribution in [0.4, 0.5) is 5.69 Å². The molecule has 0 bridgehead atoms. The van der Waals surface area contributed by atoms with Gasteiger partial charge in [0.1, 0.15) is 0 Å². The topological polar surface area (TPSA) is 69.8 Å². The van der Waals surface area contributed by atoms with Gasteiger partial charge >= 0.3 is 0 Å². The molecule has 0 saturated carbocycles. The molecule has 3 N–H and O–H groups in total. The summed E-state index contributed by atoms with van der Waals surface area (Å²) in [7, 11) is 0. The first-order valence-corrected chi connectivity index (χ1v) is 6.16. The molecule has 0 unspecified atom stereocenters. The summed E-state index contributed by atoms with van der Waals surface area (Å²) in [6, 6.07) is 6.06. The zero-order chi connectivity index (χ0) is 13.0. The van der Waals surface area contributed by atoms with Crippen molar-refractivity contribution in [3.63, 3.8) is 0 Å². The van der Waals surface area contributed by atoms with E-state index in [4.69, 9.17) is 0 Å². The maximum Gasteiger partial charge on any atom is 0.238 e. The number of nitrogens with zero attached hydrogens (tertiary/aromatic N) is 1. The number of hydrogen-bond donors (Lipinski definition) is 3. The molecule has 0 radical (unpaired) electrons. The highest BCUT2D eigenvalue weighted by molar-refractivity contribution is 6.00. The molecule has 5 nitrogen and oxygen atoms in total. The number of rotatable bonds is 5. The number of carbonyl (C=O) groups excluding carboxylic acids is 1. The van der Waals surface area contributed by atoms with Gasteiger partial charge in [0, 0.05) is 11.4 Å². The fraction of sp³-hybridized carbons (Fsp3) is 0.385. The minimum Gasteiger partial charge on any atom is -0.323 e. The number of hydrogen-bond acceptors (Lipinski definition) is 3. The van der Waals surface area contributed by atoms with Crippen LogP contribution in [0.25, 0.3) is 10.9 Å². The first-order chi connectivity index (χ1) is 8.70. The third-order valence-corrected chi connectivity index (χ3v) is 2.97. The molecule has 1 aromatic heterocycles. The number of benzene rings is 1. The fourth-order valence-electron chi connectivity index (χ4n) is 1.68. The number of amides is 1. The Morgan fingerprint density at radius 1 is 1.50 bits per heavy atom. The zero-order valence-corrected chi connectivity index (χ0v) is 10.7. The molecule has 0 aliphatic rings. The van der Waals surface area contributed by atoms with Gasteiger partial charge in [0.05, 0.1) is 23.9 Å². The van der Waals surface area contributed by atoms with Crippen LogP contribution in [-0.4, -0.2) is 28.7 Å². The lowest BCUT2D eigenvalue weighted by Gasteiger charge is -2.11. The molecule has 0 aliphatic carbocycles. The van der Waals surface area contributed by atoms with E-state index in [0.717, 1.165) is 23.0 Å². The van der Waals surface area contributed by atoms with Crippen molar-refractivity contribution in [2.45, 2.75) is 26.3 Å². The number of aromatic nitrogens is 2. The lowest BCUT2D eigenvalue weighted by molar-refractivity contribution is -0.115. The Balaban J connectivity index is 2.00. The van der Waals surface area contributed by atoms with Gasteiger partial charge in [-0.15, -0.1) is 0 Å². The lowest BCUT2D eigenvalue weighted by Crippen LogP contribution is -2.34. The van der Waals surface area contributed by atoms with Crippen molar-refractivity contribution in [3.8, 4) is 0 Å². The molecule has 1 amide bonds. The maximum atomic E-state index is 11.8. The van der Waals surface area contributed by atoms with Crippen molar-refractivity contribution < 1.29 is 4.79 Å². The number of anilines is 1. The Hall–Kier alpha value is -1.88. The molecule has 5 heteroatoms. The smallest absolute Gasteiger partial charge is 0.238 e. The molecule has 0 spiro atoms. The third kappa shape index (κ3) is 2.87. The van der Waals surface area contributed by atoms with E-state index in [1.165, 1.54) is 0 Å². The van der Waals surface area contributed by atoms with Crippen molar-refractivity contribution in [1.29, 1.82) is 0 Å². The average molecular weight is 246 g/mol. The Morgan fingerprint density at radius 2 is 2.33 bits per heavy atom. The number of H-pyrrole nitrogens is 1. The molecule has 1 atom stereocenters. The van der Waals surface area contributed by atoms with Crippen LogP contribution < -0.4 is 10.6 Å². The van der Waals surface area contributed by atoms with Gasteiger partial charge in [-0.3, -0.25) is 9.89 Å². The minimum atomic E-state index is -0.0441. The maximum absolute atomic E-state index is 11.8.